The molecule has 1 amide bonds. The first-order valence-corrected chi connectivity index (χ1v) is 10.7. The van der Waals surface area contributed by atoms with Crippen LogP contribution in [0.15, 0.2) is 52.1 Å². The topological polar surface area (TPSA) is 93.3 Å². The molecule has 3 rings (SSSR count). The summed E-state index contributed by atoms with van der Waals surface area (Å²) in [5.41, 5.74) is 0.998. The van der Waals surface area contributed by atoms with Gasteiger partial charge in [0.1, 0.15) is 16.6 Å². The molecule has 0 fully saturated rings. The van der Waals surface area contributed by atoms with Crippen LogP contribution in [0.1, 0.15) is 23.1 Å². The first kappa shape index (κ1) is 24.2. The Morgan fingerprint density at radius 2 is 1.82 bits per heavy atom. The summed E-state index contributed by atoms with van der Waals surface area (Å²) in [7, 11) is 1.30. The highest BCUT2D eigenvalue weighted by Crippen LogP contribution is 2.21. The maximum absolute atomic E-state index is 12.6. The molecule has 3 aromatic rings. The normalized spacial score (nSPS) is 10.4. The average molecular weight is 486 g/mol. The third kappa shape index (κ3) is 5.86. The van der Waals surface area contributed by atoms with Crippen LogP contribution in [0.3, 0.4) is 0 Å². The summed E-state index contributed by atoms with van der Waals surface area (Å²) in [6.07, 6.45) is 0.628. The van der Waals surface area contributed by atoms with Crippen LogP contribution in [0.4, 0.5) is 5.69 Å². The fraction of sp³-hybridized carbons (Fsp3) is 0.208. The molecule has 7 nitrogen and oxygen atoms in total. The van der Waals surface area contributed by atoms with Crippen molar-refractivity contribution in [3.8, 4) is 17.6 Å². The van der Waals surface area contributed by atoms with Gasteiger partial charge in [-0.05, 0) is 37.1 Å². The number of carbonyl (C=O) groups is 1. The van der Waals surface area contributed by atoms with Crippen molar-refractivity contribution in [1.29, 1.82) is 0 Å². The van der Waals surface area contributed by atoms with Gasteiger partial charge in [-0.1, -0.05) is 64.9 Å². The molecule has 0 saturated carbocycles. The molecular weight excluding hydrogens is 465 g/mol. The molecule has 1 aromatic heterocycles. The van der Waals surface area contributed by atoms with E-state index < -0.39 is 17.2 Å². The minimum absolute atomic E-state index is 0.00522. The lowest BCUT2D eigenvalue weighted by atomic mass is 10.1. The summed E-state index contributed by atoms with van der Waals surface area (Å²) in [4.78, 5) is 37.6. The number of carbonyl (C=O) groups excluding carboxylic acids is 1. The zero-order valence-electron chi connectivity index (χ0n) is 18.0. The van der Waals surface area contributed by atoms with Crippen molar-refractivity contribution in [2.75, 3.05) is 5.32 Å². The number of anilines is 1. The van der Waals surface area contributed by atoms with Gasteiger partial charge in [-0.3, -0.25) is 18.7 Å². The molecule has 33 heavy (non-hydrogen) atoms. The summed E-state index contributed by atoms with van der Waals surface area (Å²) in [5.74, 6) is 5.17. The summed E-state index contributed by atoms with van der Waals surface area (Å²) in [6.45, 7) is 1.84. The third-order valence-electron chi connectivity index (χ3n) is 4.92. The SMILES string of the molecule is Cc1ccc(CCC(=O)Nc2c(Cl)n(CC#Cc3ccc(O)cc3Cl)c(=O)n(C)c2=O)cc1. The van der Waals surface area contributed by atoms with E-state index in [2.05, 4.69) is 17.2 Å². The van der Waals surface area contributed by atoms with E-state index in [1.807, 2.05) is 31.2 Å². The Morgan fingerprint density at radius 1 is 1.12 bits per heavy atom. The number of halogens is 2. The van der Waals surface area contributed by atoms with Crippen LogP contribution < -0.4 is 16.6 Å². The standard InChI is InChI=1S/C24H21Cl2N3O4/c1-15-5-7-16(8-6-15)9-12-20(31)27-21-22(26)29(24(33)28(2)23(21)32)13-3-4-17-10-11-18(30)14-19(17)25/h5-8,10-11,14,30H,9,12-13H2,1-2H3,(H,27,31). The highest BCUT2D eigenvalue weighted by molar-refractivity contribution is 6.32. The number of hydrogen-bond donors (Lipinski definition) is 2. The molecule has 1 heterocycles. The largest absolute Gasteiger partial charge is 0.508 e. The second-order valence-corrected chi connectivity index (χ2v) is 8.16. The molecule has 2 N–H and O–H groups in total. The highest BCUT2D eigenvalue weighted by atomic mass is 35.5. The summed E-state index contributed by atoms with van der Waals surface area (Å²) in [5, 5.41) is 12.0. The monoisotopic (exact) mass is 485 g/mol. The van der Waals surface area contributed by atoms with Gasteiger partial charge in [0.15, 0.2) is 0 Å². The second-order valence-electron chi connectivity index (χ2n) is 7.40. The van der Waals surface area contributed by atoms with E-state index in [9.17, 15) is 19.5 Å². The fourth-order valence-electron chi connectivity index (χ4n) is 3.02. The Morgan fingerprint density at radius 3 is 2.48 bits per heavy atom. The number of aromatic nitrogens is 2. The predicted octanol–water partition coefficient (Wildman–Crippen LogP) is 3.49. The molecule has 0 spiro atoms. The van der Waals surface area contributed by atoms with Gasteiger partial charge in [0, 0.05) is 19.0 Å². The van der Waals surface area contributed by atoms with Crippen molar-refractivity contribution in [3.63, 3.8) is 0 Å². The Hall–Kier alpha value is -3.47. The van der Waals surface area contributed by atoms with Gasteiger partial charge in [-0.25, -0.2) is 4.79 Å². The number of aromatic hydroxyl groups is 1. The second kappa shape index (κ2) is 10.4. The minimum atomic E-state index is -0.709. The molecule has 2 aromatic carbocycles. The summed E-state index contributed by atoms with van der Waals surface area (Å²) < 4.78 is 1.94. The van der Waals surface area contributed by atoms with Gasteiger partial charge in [-0.2, -0.15) is 0 Å². The quantitative estimate of drug-likeness (QED) is 0.427. The van der Waals surface area contributed by atoms with E-state index >= 15 is 0 Å². The molecule has 0 aliphatic rings. The van der Waals surface area contributed by atoms with Crippen LogP contribution >= 0.6 is 23.2 Å². The van der Waals surface area contributed by atoms with E-state index in [-0.39, 0.29) is 34.6 Å². The van der Waals surface area contributed by atoms with Gasteiger partial charge in [0.05, 0.1) is 11.6 Å². The first-order chi connectivity index (χ1) is 15.7. The summed E-state index contributed by atoms with van der Waals surface area (Å²) in [6, 6.07) is 12.1. The van der Waals surface area contributed by atoms with E-state index in [0.717, 1.165) is 20.3 Å². The number of benzene rings is 2. The van der Waals surface area contributed by atoms with Crippen LogP contribution in [0.25, 0.3) is 0 Å². The van der Waals surface area contributed by atoms with Gasteiger partial charge in [0.2, 0.25) is 5.91 Å². The molecular formula is C24H21Cl2N3O4. The Bertz CT molecular complexity index is 1380. The number of phenols is 1. The average Bonchev–Trinajstić information content (AvgIpc) is 2.78. The maximum Gasteiger partial charge on any atom is 0.332 e. The van der Waals surface area contributed by atoms with E-state index in [1.54, 1.807) is 0 Å². The number of nitrogens with zero attached hydrogens (tertiary/aromatic N) is 2. The molecule has 9 heteroatoms. The molecule has 0 atom stereocenters. The Kier molecular flexibility index (Phi) is 7.64. The summed E-state index contributed by atoms with van der Waals surface area (Å²) >= 11 is 12.3. The Balaban J connectivity index is 1.81. The van der Waals surface area contributed by atoms with Crippen LogP contribution in [0, 0.1) is 18.8 Å². The van der Waals surface area contributed by atoms with Crippen molar-refractivity contribution >= 4 is 34.8 Å². The van der Waals surface area contributed by atoms with Crippen molar-refractivity contribution in [3.05, 3.63) is 90.2 Å². The molecule has 0 saturated heterocycles. The Labute approximate surface area is 200 Å². The molecule has 0 radical (unpaired) electrons. The van der Waals surface area contributed by atoms with Crippen molar-refractivity contribution in [1.82, 2.24) is 9.13 Å². The number of phenolic OH excluding ortho intramolecular Hbond substituents is 1. The highest BCUT2D eigenvalue weighted by Gasteiger charge is 2.17. The molecule has 0 unspecified atom stereocenters. The number of aryl methyl sites for hydroxylation is 2. The minimum Gasteiger partial charge on any atom is -0.508 e. The smallest absolute Gasteiger partial charge is 0.332 e. The lowest BCUT2D eigenvalue weighted by Gasteiger charge is -2.13. The lowest BCUT2D eigenvalue weighted by molar-refractivity contribution is -0.116. The zero-order valence-corrected chi connectivity index (χ0v) is 19.5. The van der Waals surface area contributed by atoms with Gasteiger partial charge in [-0.15, -0.1) is 0 Å². The number of amides is 1. The van der Waals surface area contributed by atoms with Crippen LogP contribution in [0.2, 0.25) is 10.2 Å². The molecule has 0 aliphatic heterocycles. The fourth-order valence-corrected chi connectivity index (χ4v) is 3.50. The first-order valence-electron chi connectivity index (χ1n) is 9.99. The lowest BCUT2D eigenvalue weighted by Crippen LogP contribution is -2.40. The van der Waals surface area contributed by atoms with Crippen molar-refractivity contribution in [2.24, 2.45) is 7.05 Å². The van der Waals surface area contributed by atoms with Crippen molar-refractivity contribution in [2.45, 2.75) is 26.3 Å². The number of hydrogen-bond acceptors (Lipinski definition) is 4. The molecule has 0 aliphatic carbocycles. The van der Waals surface area contributed by atoms with Crippen molar-refractivity contribution < 1.29 is 9.90 Å². The zero-order chi connectivity index (χ0) is 24.1. The van der Waals surface area contributed by atoms with Gasteiger partial charge in [0.25, 0.3) is 5.56 Å². The number of nitrogens with one attached hydrogen (secondary N) is 1. The van der Waals surface area contributed by atoms with E-state index in [1.165, 1.54) is 25.2 Å². The van der Waals surface area contributed by atoms with Gasteiger partial charge < -0.3 is 10.4 Å². The van der Waals surface area contributed by atoms with E-state index in [4.69, 9.17) is 23.2 Å². The number of rotatable bonds is 5. The molecule has 0 bridgehead atoms. The van der Waals surface area contributed by atoms with E-state index in [0.29, 0.717) is 12.0 Å². The van der Waals surface area contributed by atoms with Gasteiger partial charge >= 0.3 is 5.69 Å². The van der Waals surface area contributed by atoms with Crippen LogP contribution in [0.5, 0.6) is 5.75 Å². The van der Waals surface area contributed by atoms with Crippen LogP contribution in [-0.4, -0.2) is 20.1 Å². The molecule has 170 valence electrons. The third-order valence-corrected chi connectivity index (χ3v) is 5.62. The predicted molar refractivity (Wildman–Crippen MR) is 129 cm³/mol. The van der Waals surface area contributed by atoms with Crippen LogP contribution in [-0.2, 0) is 24.8 Å². The maximum atomic E-state index is 12.6.